The first kappa shape index (κ1) is 22.0. The molecule has 1 heterocycles. The molecule has 30 heavy (non-hydrogen) atoms. The normalized spacial score (nSPS) is 11.0. The summed E-state index contributed by atoms with van der Waals surface area (Å²) in [6.45, 7) is 4.12. The first-order chi connectivity index (χ1) is 14.5. The van der Waals surface area contributed by atoms with Crippen LogP contribution in [-0.2, 0) is 6.42 Å². The molecule has 2 aromatic carbocycles. The van der Waals surface area contributed by atoms with Crippen LogP contribution in [0.4, 0.5) is 0 Å². The first-order valence-corrected chi connectivity index (χ1v) is 10.8. The minimum atomic E-state index is -0.246. The standard InChI is InChI=1S/C21H18Br2N4O3/c1-3-20-26-17-6-5-14(22)10-15(17)21(28)27(20)25-12-13-9-18(29-4-2)19(11-16(13)23)30-8-7-24/h5-6,9-12H,3-4,8H2,1-2H3. The highest BCUT2D eigenvalue weighted by atomic mass is 79.9. The van der Waals surface area contributed by atoms with Gasteiger partial charge in [0.2, 0.25) is 0 Å². The molecule has 154 valence electrons. The maximum atomic E-state index is 13.0. The van der Waals surface area contributed by atoms with Gasteiger partial charge in [-0.25, -0.2) is 4.98 Å². The van der Waals surface area contributed by atoms with Crippen LogP contribution < -0.4 is 15.0 Å². The molecule has 3 aromatic rings. The van der Waals surface area contributed by atoms with Crippen LogP contribution in [0.5, 0.6) is 11.5 Å². The summed E-state index contributed by atoms with van der Waals surface area (Å²) in [6.07, 6.45) is 2.11. The van der Waals surface area contributed by atoms with Crippen LogP contribution in [0, 0.1) is 11.3 Å². The van der Waals surface area contributed by atoms with E-state index in [1.165, 1.54) is 4.68 Å². The van der Waals surface area contributed by atoms with Crippen molar-refractivity contribution in [3.05, 3.63) is 61.0 Å². The maximum absolute atomic E-state index is 13.0. The van der Waals surface area contributed by atoms with E-state index in [0.717, 1.165) is 4.47 Å². The summed E-state index contributed by atoms with van der Waals surface area (Å²) >= 11 is 6.88. The Hall–Kier alpha value is -2.70. The van der Waals surface area contributed by atoms with E-state index in [4.69, 9.17) is 14.7 Å². The summed E-state index contributed by atoms with van der Waals surface area (Å²) in [4.78, 5) is 17.6. The number of hydrogen-bond donors (Lipinski definition) is 0. The summed E-state index contributed by atoms with van der Waals surface area (Å²) in [5.74, 6) is 1.49. The maximum Gasteiger partial charge on any atom is 0.282 e. The Balaban J connectivity index is 2.08. The van der Waals surface area contributed by atoms with Gasteiger partial charge in [0.15, 0.2) is 18.1 Å². The van der Waals surface area contributed by atoms with Gasteiger partial charge in [-0.15, -0.1) is 0 Å². The number of halogens is 2. The second-order valence-corrected chi connectivity index (χ2v) is 7.87. The molecule has 0 N–H and O–H groups in total. The first-order valence-electron chi connectivity index (χ1n) is 9.20. The molecule has 0 aliphatic heterocycles. The van der Waals surface area contributed by atoms with E-state index in [0.29, 0.717) is 51.3 Å². The minimum Gasteiger partial charge on any atom is -0.490 e. The lowest BCUT2D eigenvalue weighted by atomic mass is 10.2. The lowest BCUT2D eigenvalue weighted by molar-refractivity contribution is 0.298. The number of hydrogen-bond acceptors (Lipinski definition) is 6. The molecular weight excluding hydrogens is 516 g/mol. The number of nitriles is 1. The average molecular weight is 534 g/mol. The van der Waals surface area contributed by atoms with E-state index in [2.05, 4.69) is 41.9 Å². The van der Waals surface area contributed by atoms with Gasteiger partial charge in [-0.1, -0.05) is 22.9 Å². The smallest absolute Gasteiger partial charge is 0.282 e. The molecule has 7 nitrogen and oxygen atoms in total. The zero-order chi connectivity index (χ0) is 21.7. The fourth-order valence-corrected chi connectivity index (χ4v) is 3.59. The van der Waals surface area contributed by atoms with Gasteiger partial charge in [0, 0.05) is 20.9 Å². The lowest BCUT2D eigenvalue weighted by Crippen LogP contribution is -2.22. The highest BCUT2D eigenvalue weighted by Crippen LogP contribution is 2.33. The molecular formula is C21H18Br2N4O3. The van der Waals surface area contributed by atoms with Crippen molar-refractivity contribution < 1.29 is 9.47 Å². The van der Waals surface area contributed by atoms with Crippen LogP contribution in [0.3, 0.4) is 0 Å². The SMILES string of the molecule is CCOc1cc(C=Nn2c(CC)nc3ccc(Br)cc3c2=O)c(Br)cc1OCC#N. The topological polar surface area (TPSA) is 89.5 Å². The van der Waals surface area contributed by atoms with Crippen molar-refractivity contribution in [2.45, 2.75) is 20.3 Å². The van der Waals surface area contributed by atoms with E-state index in [1.54, 1.807) is 30.5 Å². The van der Waals surface area contributed by atoms with Crippen molar-refractivity contribution in [1.29, 1.82) is 5.26 Å². The largest absolute Gasteiger partial charge is 0.490 e. The van der Waals surface area contributed by atoms with Crippen molar-refractivity contribution in [3.63, 3.8) is 0 Å². The minimum absolute atomic E-state index is 0.0898. The third-order valence-electron chi connectivity index (χ3n) is 4.16. The highest BCUT2D eigenvalue weighted by Gasteiger charge is 2.12. The van der Waals surface area contributed by atoms with Crippen LogP contribution in [0.1, 0.15) is 25.2 Å². The van der Waals surface area contributed by atoms with E-state index in [9.17, 15) is 4.79 Å². The fraction of sp³-hybridized carbons (Fsp3) is 0.238. The third-order valence-corrected chi connectivity index (χ3v) is 5.34. The van der Waals surface area contributed by atoms with Crippen molar-refractivity contribution in [2.75, 3.05) is 13.2 Å². The molecule has 0 saturated carbocycles. The van der Waals surface area contributed by atoms with Crippen LogP contribution in [0.15, 0.2) is 49.2 Å². The Labute approximate surface area is 190 Å². The third kappa shape index (κ3) is 4.71. The van der Waals surface area contributed by atoms with E-state index < -0.39 is 0 Å². The molecule has 3 rings (SSSR count). The molecule has 0 fully saturated rings. The summed E-state index contributed by atoms with van der Waals surface area (Å²) in [5.41, 5.74) is 1.07. The van der Waals surface area contributed by atoms with Gasteiger partial charge in [0.05, 0.1) is 23.7 Å². The van der Waals surface area contributed by atoms with Crippen LogP contribution in [0.25, 0.3) is 10.9 Å². The van der Waals surface area contributed by atoms with Gasteiger partial charge in [0.25, 0.3) is 5.56 Å². The number of ether oxygens (including phenoxy) is 2. The predicted octanol–water partition coefficient (Wildman–Crippen LogP) is 4.67. The number of rotatable bonds is 7. The van der Waals surface area contributed by atoms with E-state index in [-0.39, 0.29) is 12.2 Å². The Morgan fingerprint density at radius 3 is 2.67 bits per heavy atom. The van der Waals surface area contributed by atoms with E-state index >= 15 is 0 Å². The fourth-order valence-electron chi connectivity index (χ4n) is 2.80. The molecule has 1 aromatic heterocycles. The second-order valence-electron chi connectivity index (χ2n) is 6.10. The Bertz CT molecular complexity index is 1220. The molecule has 9 heteroatoms. The molecule has 0 radical (unpaired) electrons. The zero-order valence-corrected chi connectivity index (χ0v) is 19.5. The second kappa shape index (κ2) is 9.87. The molecule has 0 aliphatic carbocycles. The summed E-state index contributed by atoms with van der Waals surface area (Å²) in [7, 11) is 0. The predicted molar refractivity (Wildman–Crippen MR) is 122 cm³/mol. The number of benzene rings is 2. The average Bonchev–Trinajstić information content (AvgIpc) is 2.74. The summed E-state index contributed by atoms with van der Waals surface area (Å²) in [5, 5.41) is 13.6. The van der Waals surface area contributed by atoms with Gasteiger partial charge >= 0.3 is 0 Å². The molecule has 0 unspecified atom stereocenters. The molecule has 0 amide bonds. The Morgan fingerprint density at radius 1 is 1.20 bits per heavy atom. The van der Waals surface area contributed by atoms with Crippen LogP contribution in [-0.4, -0.2) is 29.1 Å². The molecule has 0 aliphatic rings. The van der Waals surface area contributed by atoms with Crippen molar-refractivity contribution in [2.24, 2.45) is 5.10 Å². The van der Waals surface area contributed by atoms with Gasteiger partial charge < -0.3 is 9.47 Å². The molecule has 0 atom stereocenters. The number of aryl methyl sites for hydroxylation is 1. The molecule has 0 spiro atoms. The highest BCUT2D eigenvalue weighted by molar-refractivity contribution is 9.10. The summed E-state index contributed by atoms with van der Waals surface area (Å²) < 4.78 is 13.8. The van der Waals surface area contributed by atoms with Gasteiger partial charge in [-0.05, 0) is 53.2 Å². The monoisotopic (exact) mass is 532 g/mol. The quantitative estimate of drug-likeness (QED) is 0.412. The lowest BCUT2D eigenvalue weighted by Gasteiger charge is -2.12. The van der Waals surface area contributed by atoms with Gasteiger partial charge in [-0.3, -0.25) is 4.79 Å². The summed E-state index contributed by atoms with van der Waals surface area (Å²) in [6, 6.07) is 10.8. The van der Waals surface area contributed by atoms with Gasteiger partial charge in [0.1, 0.15) is 11.9 Å². The number of fused-ring (bicyclic) bond motifs is 1. The van der Waals surface area contributed by atoms with Crippen molar-refractivity contribution in [3.8, 4) is 17.6 Å². The zero-order valence-electron chi connectivity index (χ0n) is 16.4. The van der Waals surface area contributed by atoms with Crippen molar-refractivity contribution in [1.82, 2.24) is 9.66 Å². The van der Waals surface area contributed by atoms with E-state index in [1.807, 2.05) is 26.0 Å². The molecule has 0 saturated heterocycles. The number of aromatic nitrogens is 2. The van der Waals surface area contributed by atoms with Gasteiger partial charge in [-0.2, -0.15) is 15.0 Å². The molecule has 0 bridgehead atoms. The van der Waals surface area contributed by atoms with Crippen molar-refractivity contribution >= 4 is 49.0 Å². The van der Waals surface area contributed by atoms with Crippen LogP contribution >= 0.6 is 31.9 Å². The Morgan fingerprint density at radius 2 is 1.97 bits per heavy atom. The van der Waals surface area contributed by atoms with Crippen LogP contribution in [0.2, 0.25) is 0 Å². The Kier molecular flexibility index (Phi) is 7.24. The number of nitrogens with zero attached hydrogens (tertiary/aromatic N) is 4.